The molecule has 0 amide bonds. The number of aromatic nitrogens is 2. The van der Waals surface area contributed by atoms with Crippen molar-refractivity contribution < 1.29 is 18.9 Å². The van der Waals surface area contributed by atoms with E-state index in [1.165, 1.54) is 116 Å². The number of pyridine rings is 2. The first-order valence-electron chi connectivity index (χ1n) is 20.7. The standard InChI is InChI=1S/C23H33NO2S.C22H31NO2S/c1-3-5-7-9-18-16-25-23(26-17-18)22-14-13-21(27-22)19-11-12-20(24-15-19)10-8-6-4-2;1-3-5-7-9-19-11-10-18(14-23-19)20-12-13-21(26-20)22-24-15-17(16-25-22)8-6-4-2/h11-15,18,23H,3-10,16-17H2,1-2H3;10-14,17,22H,3-9,15-16H2,1-2H3. The van der Waals surface area contributed by atoms with Crippen LogP contribution in [0.4, 0.5) is 0 Å². The fraction of sp³-hybridized carbons (Fsp3) is 0.600. The van der Waals surface area contributed by atoms with Crippen molar-refractivity contribution >= 4 is 22.7 Å². The van der Waals surface area contributed by atoms with Gasteiger partial charge in [0.05, 0.1) is 36.2 Å². The number of nitrogens with zero attached hydrogens (tertiary/aromatic N) is 2. The van der Waals surface area contributed by atoms with Crippen molar-refractivity contribution in [3.05, 3.63) is 82.1 Å². The largest absolute Gasteiger partial charge is 0.347 e. The quantitative estimate of drug-likeness (QED) is 0.0887. The van der Waals surface area contributed by atoms with Crippen LogP contribution in [0.3, 0.4) is 0 Å². The third-order valence-electron chi connectivity index (χ3n) is 10.1. The summed E-state index contributed by atoms with van der Waals surface area (Å²) in [5.41, 5.74) is 4.74. The third kappa shape index (κ3) is 13.7. The van der Waals surface area contributed by atoms with Crippen molar-refractivity contribution in [2.75, 3.05) is 26.4 Å². The molecule has 0 spiro atoms. The maximum absolute atomic E-state index is 6.00. The van der Waals surface area contributed by atoms with Crippen LogP contribution in [0.2, 0.25) is 0 Å². The number of thiophene rings is 2. The normalized spacial score (nSPS) is 20.2. The molecule has 0 saturated carbocycles. The van der Waals surface area contributed by atoms with E-state index in [4.69, 9.17) is 18.9 Å². The van der Waals surface area contributed by atoms with Gasteiger partial charge in [0, 0.05) is 56.5 Å². The molecule has 0 bridgehead atoms. The van der Waals surface area contributed by atoms with Gasteiger partial charge in [0.2, 0.25) is 0 Å². The van der Waals surface area contributed by atoms with Crippen LogP contribution in [0.5, 0.6) is 0 Å². The van der Waals surface area contributed by atoms with Gasteiger partial charge in [0.1, 0.15) is 0 Å². The highest BCUT2D eigenvalue weighted by Crippen LogP contribution is 2.37. The Morgan fingerprint density at radius 3 is 1.30 bits per heavy atom. The predicted octanol–water partition coefficient (Wildman–Crippen LogP) is 13.2. The molecule has 2 aliphatic rings. The zero-order valence-corrected chi connectivity index (χ0v) is 34.5. The van der Waals surface area contributed by atoms with Crippen molar-refractivity contribution in [1.29, 1.82) is 0 Å². The lowest BCUT2D eigenvalue weighted by Crippen LogP contribution is -2.26. The molecule has 0 N–H and O–H groups in total. The van der Waals surface area contributed by atoms with E-state index in [0.717, 1.165) is 49.0 Å². The minimum Gasteiger partial charge on any atom is -0.347 e. The van der Waals surface area contributed by atoms with E-state index in [1.807, 2.05) is 12.4 Å². The smallest absolute Gasteiger partial charge is 0.193 e. The van der Waals surface area contributed by atoms with Gasteiger partial charge in [-0.3, -0.25) is 9.97 Å². The second-order valence-electron chi connectivity index (χ2n) is 14.8. The second-order valence-corrected chi connectivity index (χ2v) is 17.0. The fourth-order valence-electron chi connectivity index (χ4n) is 6.74. The van der Waals surface area contributed by atoms with E-state index in [2.05, 4.69) is 86.2 Å². The first-order chi connectivity index (χ1) is 26.1. The minimum absolute atomic E-state index is 0.201. The van der Waals surface area contributed by atoms with Gasteiger partial charge in [-0.15, -0.1) is 22.7 Å². The molecule has 4 aromatic rings. The summed E-state index contributed by atoms with van der Waals surface area (Å²) < 4.78 is 23.9. The van der Waals surface area contributed by atoms with Gasteiger partial charge >= 0.3 is 0 Å². The summed E-state index contributed by atoms with van der Waals surface area (Å²) in [5, 5.41) is 0. The maximum atomic E-state index is 6.00. The van der Waals surface area contributed by atoms with Crippen LogP contribution < -0.4 is 0 Å². The topological polar surface area (TPSA) is 62.7 Å². The first-order valence-corrected chi connectivity index (χ1v) is 22.3. The molecule has 8 heteroatoms. The molecule has 53 heavy (non-hydrogen) atoms. The summed E-state index contributed by atoms with van der Waals surface area (Å²) in [4.78, 5) is 14.0. The number of aryl methyl sites for hydroxylation is 2. The molecular weight excluding hydrogens is 697 g/mol. The Morgan fingerprint density at radius 2 is 0.906 bits per heavy atom. The van der Waals surface area contributed by atoms with Crippen molar-refractivity contribution in [2.45, 2.75) is 137 Å². The Balaban J connectivity index is 0.000000204. The zero-order chi connectivity index (χ0) is 37.1. The summed E-state index contributed by atoms with van der Waals surface area (Å²) in [6.07, 6.45) is 22.0. The number of hydrogen-bond donors (Lipinski definition) is 0. The van der Waals surface area contributed by atoms with Gasteiger partial charge in [-0.1, -0.05) is 97.6 Å². The Morgan fingerprint density at radius 1 is 0.491 bits per heavy atom. The Kier molecular flexibility index (Phi) is 18.5. The van der Waals surface area contributed by atoms with Gasteiger partial charge < -0.3 is 18.9 Å². The monoisotopic (exact) mass is 760 g/mol. The van der Waals surface area contributed by atoms with Crippen molar-refractivity contribution in [2.24, 2.45) is 11.8 Å². The zero-order valence-electron chi connectivity index (χ0n) is 32.9. The summed E-state index contributed by atoms with van der Waals surface area (Å²) >= 11 is 3.50. The molecule has 0 radical (unpaired) electrons. The molecule has 2 saturated heterocycles. The second kappa shape index (κ2) is 23.5. The van der Waals surface area contributed by atoms with Crippen LogP contribution in [0, 0.1) is 11.8 Å². The van der Waals surface area contributed by atoms with Crippen molar-refractivity contribution in [1.82, 2.24) is 9.97 Å². The molecule has 6 heterocycles. The fourth-order valence-corrected chi connectivity index (χ4v) is 8.74. The van der Waals surface area contributed by atoms with Crippen LogP contribution in [0.25, 0.3) is 20.9 Å². The number of unbranched alkanes of at least 4 members (excludes halogenated alkanes) is 7. The highest BCUT2D eigenvalue weighted by molar-refractivity contribution is 7.15. The summed E-state index contributed by atoms with van der Waals surface area (Å²) in [6.45, 7) is 12.2. The van der Waals surface area contributed by atoms with Crippen molar-refractivity contribution in [3.8, 4) is 20.9 Å². The lowest BCUT2D eigenvalue weighted by Gasteiger charge is -2.28. The van der Waals surface area contributed by atoms with Crippen LogP contribution in [-0.2, 0) is 31.8 Å². The summed E-state index contributed by atoms with van der Waals surface area (Å²) in [7, 11) is 0. The van der Waals surface area contributed by atoms with Gasteiger partial charge in [-0.05, 0) is 74.9 Å². The van der Waals surface area contributed by atoms with Crippen molar-refractivity contribution in [3.63, 3.8) is 0 Å². The lowest BCUT2D eigenvalue weighted by molar-refractivity contribution is -0.204. The van der Waals surface area contributed by atoms with Crippen LogP contribution in [0.1, 0.15) is 145 Å². The molecule has 6 rings (SSSR count). The highest BCUT2D eigenvalue weighted by Gasteiger charge is 2.26. The van der Waals surface area contributed by atoms with Crippen LogP contribution in [0.15, 0.2) is 60.9 Å². The molecule has 2 aliphatic heterocycles. The summed E-state index contributed by atoms with van der Waals surface area (Å²) in [5.74, 6) is 1.10. The van der Waals surface area contributed by atoms with Crippen LogP contribution >= 0.6 is 22.7 Å². The first kappa shape index (κ1) is 41.7. The maximum Gasteiger partial charge on any atom is 0.193 e. The van der Waals surface area contributed by atoms with Crippen LogP contribution in [-0.4, -0.2) is 36.4 Å². The molecule has 0 aromatic carbocycles. The highest BCUT2D eigenvalue weighted by atomic mass is 32.1. The van der Waals surface area contributed by atoms with Gasteiger partial charge in [0.25, 0.3) is 0 Å². The van der Waals surface area contributed by atoms with E-state index in [9.17, 15) is 0 Å². The SMILES string of the molecule is CCCCCc1ccc(-c2ccc(C3OCC(CCCC)CO3)s2)cn1.CCCCCc1ccc(-c2ccc(C3OCC(CCCCC)CO3)s2)cn1. The molecule has 290 valence electrons. The molecule has 4 aromatic heterocycles. The summed E-state index contributed by atoms with van der Waals surface area (Å²) in [6, 6.07) is 17.3. The average molecular weight is 761 g/mol. The molecule has 0 aliphatic carbocycles. The van der Waals surface area contributed by atoms with E-state index in [-0.39, 0.29) is 12.6 Å². The molecule has 0 atom stereocenters. The minimum atomic E-state index is -0.201. The van der Waals surface area contributed by atoms with E-state index >= 15 is 0 Å². The van der Waals surface area contributed by atoms with Gasteiger partial charge in [-0.2, -0.15) is 0 Å². The van der Waals surface area contributed by atoms with E-state index < -0.39 is 0 Å². The van der Waals surface area contributed by atoms with E-state index in [1.54, 1.807) is 22.7 Å². The molecular formula is C45H64N2O4S2. The molecule has 6 nitrogen and oxygen atoms in total. The lowest BCUT2D eigenvalue weighted by atomic mass is 10.0. The number of hydrogen-bond acceptors (Lipinski definition) is 8. The molecule has 0 unspecified atom stereocenters. The Hall–Kier alpha value is -2.46. The average Bonchev–Trinajstić information content (AvgIpc) is 3.91. The van der Waals surface area contributed by atoms with Gasteiger partial charge in [-0.25, -0.2) is 0 Å². The Labute approximate surface area is 328 Å². The van der Waals surface area contributed by atoms with E-state index in [0.29, 0.717) is 11.8 Å². The third-order valence-corrected chi connectivity index (χ3v) is 12.4. The number of ether oxygens (including phenoxy) is 4. The molecule has 2 fully saturated rings. The predicted molar refractivity (Wildman–Crippen MR) is 221 cm³/mol. The Bertz CT molecular complexity index is 1540. The van der Waals surface area contributed by atoms with Gasteiger partial charge in [0.15, 0.2) is 12.6 Å². The number of rotatable bonds is 19.